The molecule has 1 aliphatic rings. The summed E-state index contributed by atoms with van der Waals surface area (Å²) in [5.74, 6) is -1.05. The van der Waals surface area contributed by atoms with E-state index >= 15 is 0 Å². The molecule has 0 radical (unpaired) electrons. The van der Waals surface area contributed by atoms with Crippen LogP contribution in [0.4, 0.5) is 13.2 Å². The van der Waals surface area contributed by atoms with Crippen LogP contribution in [-0.2, 0) is 11.3 Å². The van der Waals surface area contributed by atoms with Crippen LogP contribution >= 0.6 is 0 Å². The molecule has 2 unspecified atom stereocenters. The summed E-state index contributed by atoms with van der Waals surface area (Å²) in [6.07, 6.45) is 1.05. The van der Waals surface area contributed by atoms with Gasteiger partial charge in [-0.1, -0.05) is 54.6 Å². The number of alkyl halides is 3. The van der Waals surface area contributed by atoms with Gasteiger partial charge in [0.2, 0.25) is 0 Å². The van der Waals surface area contributed by atoms with Gasteiger partial charge in [0.25, 0.3) is 0 Å². The fourth-order valence-electron chi connectivity index (χ4n) is 3.16. The van der Waals surface area contributed by atoms with Crippen LogP contribution in [0, 0.1) is 5.41 Å². The van der Waals surface area contributed by atoms with Crippen LogP contribution in [0.15, 0.2) is 54.6 Å². The average molecular weight is 353 g/mol. The lowest BCUT2D eigenvalue weighted by Gasteiger charge is -2.39. The molecule has 1 N–H and O–H groups in total. The number of hydrogen-bond acceptors (Lipinski definition) is 2. The Hall–Kier alpha value is -2.08. The summed E-state index contributed by atoms with van der Waals surface area (Å²) >= 11 is 0. The summed E-state index contributed by atoms with van der Waals surface area (Å²) in [4.78, 5) is 12.8. The molecule has 0 bridgehead atoms. The van der Waals surface area contributed by atoms with Gasteiger partial charge in [0.05, 0.1) is 12.0 Å². The maximum atomic E-state index is 13.7. The minimum Gasteiger partial charge on any atom is -0.480 e. The Morgan fingerprint density at radius 1 is 1.28 bits per heavy atom. The van der Waals surface area contributed by atoms with Crippen molar-refractivity contribution in [1.29, 1.82) is 0 Å². The van der Waals surface area contributed by atoms with Crippen molar-refractivity contribution >= 4 is 5.97 Å². The van der Waals surface area contributed by atoms with Crippen molar-refractivity contribution in [2.75, 3.05) is 6.54 Å². The zero-order valence-corrected chi connectivity index (χ0v) is 14.0. The third-order valence-electron chi connectivity index (χ3n) is 4.56. The highest BCUT2D eigenvalue weighted by molar-refractivity contribution is 5.69. The Balaban J connectivity index is 2.20. The minimum atomic E-state index is -4.38. The molecule has 0 saturated heterocycles. The van der Waals surface area contributed by atoms with Crippen LogP contribution in [0.3, 0.4) is 0 Å². The topological polar surface area (TPSA) is 40.5 Å². The van der Waals surface area contributed by atoms with Crippen LogP contribution in [0.5, 0.6) is 0 Å². The molecule has 0 aromatic heterocycles. The summed E-state index contributed by atoms with van der Waals surface area (Å²) in [5.41, 5.74) is -1.08. The van der Waals surface area contributed by atoms with Crippen molar-refractivity contribution < 1.29 is 23.1 Å². The second-order valence-corrected chi connectivity index (χ2v) is 6.48. The van der Waals surface area contributed by atoms with Gasteiger partial charge in [-0.15, -0.1) is 0 Å². The predicted molar refractivity (Wildman–Crippen MR) is 90.0 cm³/mol. The van der Waals surface area contributed by atoms with E-state index in [0.29, 0.717) is 6.54 Å². The first-order chi connectivity index (χ1) is 11.7. The maximum absolute atomic E-state index is 13.7. The monoisotopic (exact) mass is 353 g/mol. The van der Waals surface area contributed by atoms with Crippen LogP contribution in [0.1, 0.15) is 25.3 Å². The summed E-state index contributed by atoms with van der Waals surface area (Å²) in [6, 6.07) is 8.62. The quantitative estimate of drug-likeness (QED) is 0.789. The van der Waals surface area contributed by atoms with Gasteiger partial charge < -0.3 is 5.11 Å². The standard InChI is InChI=1S/C19H22F3NO2/c1-15(12-18(19(20,21)22)10-6-3-7-11-18)23(14-17(24)25)13-16-8-4-2-5-9-16/h2-10,15H,11-14H2,1H3,(H,24,25). The Morgan fingerprint density at radius 3 is 2.48 bits per heavy atom. The fraction of sp³-hybridized carbons (Fsp3) is 0.421. The van der Waals surface area contributed by atoms with E-state index in [2.05, 4.69) is 0 Å². The van der Waals surface area contributed by atoms with Crippen LogP contribution < -0.4 is 0 Å². The summed E-state index contributed by atoms with van der Waals surface area (Å²) in [6.45, 7) is 1.65. The second kappa shape index (κ2) is 7.87. The predicted octanol–water partition coefficient (Wildman–Crippen LogP) is 4.42. The molecule has 0 aliphatic heterocycles. The molecule has 2 rings (SSSR count). The van der Waals surface area contributed by atoms with Crippen LogP contribution in [0.2, 0.25) is 0 Å². The van der Waals surface area contributed by atoms with E-state index in [4.69, 9.17) is 5.11 Å². The van der Waals surface area contributed by atoms with Crippen LogP contribution in [0.25, 0.3) is 0 Å². The zero-order valence-electron chi connectivity index (χ0n) is 14.0. The third kappa shape index (κ3) is 4.95. The Morgan fingerprint density at radius 2 is 1.96 bits per heavy atom. The molecule has 1 aromatic carbocycles. The molecule has 1 aliphatic carbocycles. The normalized spacial score (nSPS) is 21.5. The number of aliphatic carboxylic acids is 1. The molecule has 3 nitrogen and oxygen atoms in total. The van der Waals surface area contributed by atoms with E-state index in [9.17, 15) is 18.0 Å². The molecular weight excluding hydrogens is 331 g/mol. The Kier molecular flexibility index (Phi) is 6.06. The van der Waals surface area contributed by atoms with Gasteiger partial charge in [-0.05, 0) is 25.3 Å². The van der Waals surface area contributed by atoms with Gasteiger partial charge in [-0.2, -0.15) is 13.2 Å². The van der Waals surface area contributed by atoms with E-state index in [1.54, 1.807) is 17.9 Å². The highest BCUT2D eigenvalue weighted by Gasteiger charge is 2.53. The lowest BCUT2D eigenvalue weighted by Crippen LogP contribution is -2.45. The first kappa shape index (κ1) is 19.2. The zero-order chi connectivity index (χ0) is 18.5. The molecule has 0 amide bonds. The summed E-state index contributed by atoms with van der Waals surface area (Å²) in [7, 11) is 0. The van der Waals surface area contributed by atoms with E-state index in [1.165, 1.54) is 18.2 Å². The van der Waals surface area contributed by atoms with Gasteiger partial charge in [0.1, 0.15) is 0 Å². The number of carboxylic acid groups (broad SMARTS) is 1. The van der Waals surface area contributed by atoms with Crippen LogP contribution in [-0.4, -0.2) is 34.7 Å². The number of hydrogen-bond donors (Lipinski definition) is 1. The summed E-state index contributed by atoms with van der Waals surface area (Å²) in [5, 5.41) is 9.15. The molecule has 0 heterocycles. The number of nitrogens with zero attached hydrogens (tertiary/aromatic N) is 1. The lowest BCUT2D eigenvalue weighted by atomic mass is 9.75. The minimum absolute atomic E-state index is 0.121. The molecule has 0 spiro atoms. The molecule has 0 saturated carbocycles. The summed E-state index contributed by atoms with van der Waals surface area (Å²) < 4.78 is 41.1. The second-order valence-electron chi connectivity index (χ2n) is 6.48. The number of allylic oxidation sites excluding steroid dienone is 4. The van der Waals surface area contributed by atoms with Gasteiger partial charge in [0, 0.05) is 12.6 Å². The van der Waals surface area contributed by atoms with Gasteiger partial charge >= 0.3 is 12.1 Å². The third-order valence-corrected chi connectivity index (χ3v) is 4.56. The Bertz CT molecular complexity index is 640. The van der Waals surface area contributed by atoms with Crippen molar-refractivity contribution in [3.05, 3.63) is 60.2 Å². The van der Waals surface area contributed by atoms with E-state index < -0.39 is 23.6 Å². The van der Waals surface area contributed by atoms with Gasteiger partial charge in [-0.25, -0.2) is 0 Å². The highest BCUT2D eigenvalue weighted by atomic mass is 19.4. The number of benzene rings is 1. The molecule has 6 heteroatoms. The first-order valence-corrected chi connectivity index (χ1v) is 8.14. The first-order valence-electron chi connectivity index (χ1n) is 8.14. The molecule has 2 atom stereocenters. The lowest BCUT2D eigenvalue weighted by molar-refractivity contribution is -0.211. The largest absolute Gasteiger partial charge is 0.480 e. The van der Waals surface area contributed by atoms with E-state index in [0.717, 1.165) is 5.56 Å². The number of halogens is 3. The highest BCUT2D eigenvalue weighted by Crippen LogP contribution is 2.48. The molecular formula is C19H22F3NO2. The van der Waals surface area contributed by atoms with Gasteiger partial charge in [0.15, 0.2) is 0 Å². The van der Waals surface area contributed by atoms with Crippen molar-refractivity contribution in [2.24, 2.45) is 5.41 Å². The van der Waals surface area contributed by atoms with Crippen molar-refractivity contribution in [1.82, 2.24) is 4.90 Å². The smallest absolute Gasteiger partial charge is 0.398 e. The maximum Gasteiger partial charge on any atom is 0.398 e. The fourth-order valence-corrected chi connectivity index (χ4v) is 3.16. The molecule has 1 aromatic rings. The van der Waals surface area contributed by atoms with Crippen molar-refractivity contribution in [2.45, 2.75) is 38.5 Å². The number of carbonyl (C=O) groups is 1. The number of rotatable bonds is 7. The molecule has 136 valence electrons. The Labute approximate surface area is 145 Å². The van der Waals surface area contributed by atoms with E-state index in [1.807, 2.05) is 30.3 Å². The van der Waals surface area contributed by atoms with Gasteiger partial charge in [-0.3, -0.25) is 9.69 Å². The SMILES string of the molecule is CC(CC1(C(F)(F)F)C=CC=CC1)N(CC(=O)O)Cc1ccccc1. The molecule has 25 heavy (non-hydrogen) atoms. The van der Waals surface area contributed by atoms with E-state index in [-0.39, 0.29) is 19.4 Å². The molecule has 0 fully saturated rings. The number of carboxylic acids is 1. The van der Waals surface area contributed by atoms with Crippen molar-refractivity contribution in [3.63, 3.8) is 0 Å². The average Bonchev–Trinajstić information content (AvgIpc) is 2.54. The van der Waals surface area contributed by atoms with Crippen molar-refractivity contribution in [3.8, 4) is 0 Å².